The van der Waals surface area contributed by atoms with Crippen molar-refractivity contribution >= 4 is 29.6 Å². The highest BCUT2D eigenvalue weighted by Gasteiger charge is 2.26. The lowest BCUT2D eigenvalue weighted by molar-refractivity contribution is 0.387. The fraction of sp³-hybridized carbons (Fsp3) is 0. The Labute approximate surface area is 107 Å². The van der Waals surface area contributed by atoms with E-state index in [0.29, 0.717) is 16.7 Å². The molecule has 0 atom stereocenters. The lowest BCUT2D eigenvalue weighted by Gasteiger charge is -2.01. The average molecular weight is 279 g/mol. The van der Waals surface area contributed by atoms with Gasteiger partial charge in [0.2, 0.25) is 0 Å². The van der Waals surface area contributed by atoms with Gasteiger partial charge in [-0.05, 0) is 18.2 Å². The standard InChI is InChI=1S/C11H10N3O4P/c12-6-2-1-3-7-9(6)14-11(13-7)10-8(4-5-18-10)19(15,16)17/h1-5H,12H2,(H,13,14)(H2,15,16,17). The predicted molar refractivity (Wildman–Crippen MR) is 69.9 cm³/mol. The second-order valence-electron chi connectivity index (χ2n) is 4.01. The number of nitrogen functional groups attached to an aromatic ring is 1. The largest absolute Gasteiger partial charge is 0.460 e. The highest BCUT2D eigenvalue weighted by atomic mass is 31.2. The van der Waals surface area contributed by atoms with E-state index in [4.69, 9.17) is 10.2 Å². The fourth-order valence-electron chi connectivity index (χ4n) is 1.87. The van der Waals surface area contributed by atoms with E-state index < -0.39 is 7.60 Å². The van der Waals surface area contributed by atoms with Crippen LogP contribution in [0.3, 0.4) is 0 Å². The van der Waals surface area contributed by atoms with Gasteiger partial charge in [-0.3, -0.25) is 4.57 Å². The van der Waals surface area contributed by atoms with Crippen LogP contribution in [0.1, 0.15) is 0 Å². The van der Waals surface area contributed by atoms with Crippen LogP contribution >= 0.6 is 7.60 Å². The lowest BCUT2D eigenvalue weighted by Crippen LogP contribution is -2.04. The molecule has 5 N–H and O–H groups in total. The van der Waals surface area contributed by atoms with Crippen molar-refractivity contribution < 1.29 is 18.8 Å². The summed E-state index contributed by atoms with van der Waals surface area (Å²) in [6.07, 6.45) is 1.21. The highest BCUT2D eigenvalue weighted by molar-refractivity contribution is 7.60. The number of furan rings is 1. The molecule has 0 spiro atoms. The lowest BCUT2D eigenvalue weighted by atomic mass is 10.3. The molecule has 7 nitrogen and oxygen atoms in total. The van der Waals surface area contributed by atoms with Gasteiger partial charge >= 0.3 is 7.60 Å². The molecule has 0 radical (unpaired) electrons. The molecule has 0 saturated carbocycles. The SMILES string of the molecule is Nc1cccc2[nH]c(-c3occc3P(=O)(O)O)nc12. The van der Waals surface area contributed by atoms with E-state index in [0.717, 1.165) is 0 Å². The van der Waals surface area contributed by atoms with Crippen LogP contribution in [0.5, 0.6) is 0 Å². The average Bonchev–Trinajstić information content (AvgIpc) is 2.94. The molecule has 0 unspecified atom stereocenters. The first-order chi connectivity index (χ1) is 8.97. The van der Waals surface area contributed by atoms with Crippen LogP contribution in [0.15, 0.2) is 34.9 Å². The van der Waals surface area contributed by atoms with Crippen LogP contribution in [0.2, 0.25) is 0 Å². The Kier molecular flexibility index (Phi) is 2.50. The van der Waals surface area contributed by atoms with Gasteiger partial charge in [0, 0.05) is 0 Å². The maximum atomic E-state index is 11.3. The number of fused-ring (bicyclic) bond motifs is 1. The second-order valence-corrected chi connectivity index (χ2v) is 5.58. The van der Waals surface area contributed by atoms with Gasteiger partial charge in [-0.25, -0.2) is 4.98 Å². The summed E-state index contributed by atoms with van der Waals surface area (Å²) in [7, 11) is -4.41. The summed E-state index contributed by atoms with van der Waals surface area (Å²) in [5.41, 5.74) is 7.46. The van der Waals surface area contributed by atoms with Gasteiger partial charge in [0.05, 0.1) is 17.5 Å². The Balaban J connectivity index is 2.23. The van der Waals surface area contributed by atoms with Crippen molar-refractivity contribution in [3.63, 3.8) is 0 Å². The summed E-state index contributed by atoms with van der Waals surface area (Å²) in [4.78, 5) is 25.6. The van der Waals surface area contributed by atoms with Crippen molar-refractivity contribution in [2.75, 3.05) is 5.73 Å². The van der Waals surface area contributed by atoms with E-state index in [9.17, 15) is 14.4 Å². The molecule has 2 aromatic heterocycles. The van der Waals surface area contributed by atoms with E-state index in [1.165, 1.54) is 12.3 Å². The number of hydrogen-bond acceptors (Lipinski definition) is 4. The van der Waals surface area contributed by atoms with Gasteiger partial charge in [-0.15, -0.1) is 0 Å². The van der Waals surface area contributed by atoms with Crippen LogP contribution in [0, 0.1) is 0 Å². The number of nitrogens with one attached hydrogen (secondary N) is 1. The topological polar surface area (TPSA) is 125 Å². The van der Waals surface area contributed by atoms with E-state index in [1.54, 1.807) is 18.2 Å². The minimum absolute atomic E-state index is 0.0175. The molecule has 0 saturated heterocycles. The quantitative estimate of drug-likeness (QED) is 0.412. The molecule has 0 aliphatic carbocycles. The van der Waals surface area contributed by atoms with Gasteiger partial charge in [0.1, 0.15) is 10.8 Å². The van der Waals surface area contributed by atoms with Crippen molar-refractivity contribution in [3.8, 4) is 11.6 Å². The van der Waals surface area contributed by atoms with E-state index in [-0.39, 0.29) is 16.9 Å². The Hall–Kier alpha value is -2.08. The van der Waals surface area contributed by atoms with Crippen molar-refractivity contribution in [3.05, 3.63) is 30.5 Å². The Morgan fingerprint density at radius 3 is 2.79 bits per heavy atom. The third kappa shape index (κ3) is 1.94. The Morgan fingerprint density at radius 1 is 1.32 bits per heavy atom. The van der Waals surface area contributed by atoms with E-state index in [2.05, 4.69) is 9.97 Å². The van der Waals surface area contributed by atoms with Gasteiger partial charge in [0.15, 0.2) is 11.6 Å². The molecule has 98 valence electrons. The summed E-state index contributed by atoms with van der Waals surface area (Å²) in [5, 5.41) is -0.204. The van der Waals surface area contributed by atoms with Crippen LogP contribution in [0.4, 0.5) is 5.69 Å². The molecule has 0 aliphatic rings. The zero-order valence-corrected chi connectivity index (χ0v) is 10.5. The first-order valence-electron chi connectivity index (χ1n) is 5.35. The van der Waals surface area contributed by atoms with Crippen LogP contribution in [-0.4, -0.2) is 19.8 Å². The Morgan fingerprint density at radius 2 is 2.11 bits per heavy atom. The van der Waals surface area contributed by atoms with Gasteiger partial charge in [0.25, 0.3) is 0 Å². The molecule has 2 heterocycles. The minimum Gasteiger partial charge on any atom is -0.460 e. The van der Waals surface area contributed by atoms with Crippen LogP contribution in [0.25, 0.3) is 22.6 Å². The van der Waals surface area contributed by atoms with Crippen molar-refractivity contribution in [1.82, 2.24) is 9.97 Å². The third-order valence-electron chi connectivity index (χ3n) is 2.72. The molecule has 3 rings (SSSR count). The monoisotopic (exact) mass is 279 g/mol. The molecule has 19 heavy (non-hydrogen) atoms. The number of aromatic amines is 1. The smallest absolute Gasteiger partial charge is 0.360 e. The number of para-hydroxylation sites is 1. The molecule has 8 heteroatoms. The second kappa shape index (κ2) is 3.96. The summed E-state index contributed by atoms with van der Waals surface area (Å²) < 4.78 is 16.5. The first kappa shape index (κ1) is 12.0. The maximum Gasteiger partial charge on any atom is 0.360 e. The van der Waals surface area contributed by atoms with Crippen LogP contribution < -0.4 is 11.0 Å². The van der Waals surface area contributed by atoms with Gasteiger partial charge in [-0.1, -0.05) is 6.07 Å². The zero-order valence-electron chi connectivity index (χ0n) is 9.57. The molecule has 0 amide bonds. The number of H-pyrrole nitrogens is 1. The summed E-state index contributed by atoms with van der Waals surface area (Å²) >= 11 is 0. The zero-order chi connectivity index (χ0) is 13.6. The molecule has 1 aromatic carbocycles. The first-order valence-corrected chi connectivity index (χ1v) is 6.96. The van der Waals surface area contributed by atoms with Crippen molar-refractivity contribution in [2.45, 2.75) is 0 Å². The third-order valence-corrected chi connectivity index (χ3v) is 3.70. The maximum absolute atomic E-state index is 11.3. The highest BCUT2D eigenvalue weighted by Crippen LogP contribution is 2.38. The number of nitrogens with zero attached hydrogens (tertiary/aromatic N) is 1. The van der Waals surface area contributed by atoms with Gasteiger partial charge < -0.3 is 24.9 Å². The molecular weight excluding hydrogens is 269 g/mol. The summed E-state index contributed by atoms with van der Waals surface area (Å²) in [6.45, 7) is 0. The van der Waals surface area contributed by atoms with E-state index >= 15 is 0 Å². The number of aromatic nitrogens is 2. The van der Waals surface area contributed by atoms with Gasteiger partial charge in [-0.2, -0.15) is 0 Å². The molecular formula is C11H10N3O4P. The van der Waals surface area contributed by atoms with Crippen molar-refractivity contribution in [1.29, 1.82) is 0 Å². The number of hydrogen-bond donors (Lipinski definition) is 4. The number of rotatable bonds is 2. The van der Waals surface area contributed by atoms with E-state index in [1.807, 2.05) is 0 Å². The summed E-state index contributed by atoms with van der Waals surface area (Å²) in [5.74, 6) is 0.250. The predicted octanol–water partition coefficient (Wildman–Crippen LogP) is 1.21. The number of benzene rings is 1. The molecule has 0 bridgehead atoms. The molecule has 0 aliphatic heterocycles. The normalized spacial score (nSPS) is 12.1. The Bertz CT molecular complexity index is 801. The summed E-state index contributed by atoms with van der Waals surface area (Å²) in [6, 6.07) is 6.44. The molecule has 0 fully saturated rings. The number of imidazole rings is 1. The van der Waals surface area contributed by atoms with Crippen molar-refractivity contribution in [2.24, 2.45) is 0 Å². The van der Waals surface area contributed by atoms with Crippen LogP contribution in [-0.2, 0) is 4.57 Å². The number of nitrogens with two attached hydrogens (primary N) is 1. The molecule has 3 aromatic rings. The number of anilines is 1. The fourth-order valence-corrected chi connectivity index (χ4v) is 2.55. The minimum atomic E-state index is -4.41.